The predicted molar refractivity (Wildman–Crippen MR) is 133 cm³/mol. The lowest BCUT2D eigenvalue weighted by Crippen LogP contribution is -2.47. The third-order valence-corrected chi connectivity index (χ3v) is 5.86. The van der Waals surface area contributed by atoms with Crippen molar-refractivity contribution in [3.8, 4) is 5.75 Å². The number of carbonyl (C=O) groups is 2. The lowest BCUT2D eigenvalue weighted by atomic mass is 10.1. The van der Waals surface area contributed by atoms with Crippen LogP contribution in [0.2, 0.25) is 0 Å². The quantitative estimate of drug-likeness (QED) is 0.567. The summed E-state index contributed by atoms with van der Waals surface area (Å²) in [7, 11) is 2.05. The highest BCUT2D eigenvalue weighted by atomic mass is 79.9. The van der Waals surface area contributed by atoms with Crippen LogP contribution in [0.1, 0.15) is 34.1 Å². The summed E-state index contributed by atoms with van der Waals surface area (Å²) in [6, 6.07) is 12.3. The Hall–Kier alpha value is -2.49. The minimum absolute atomic E-state index is 0.00747. The molecular formula is C23H27BrN4O3S. The molecule has 0 radical (unpaired) electrons. The van der Waals surface area contributed by atoms with E-state index in [0.717, 1.165) is 19.5 Å². The second kappa shape index (κ2) is 11.4. The summed E-state index contributed by atoms with van der Waals surface area (Å²) in [4.78, 5) is 29.4. The minimum atomic E-state index is -0.338. The van der Waals surface area contributed by atoms with Gasteiger partial charge in [0.2, 0.25) is 0 Å². The molecule has 1 aliphatic heterocycles. The standard InChI is InChI=1S/C23H27BrN4O3S/c1-3-13-31-20-8-7-16(15-19(20)24)21(29)26-23(32)25-18-6-4-5-17(14-18)22(30)28-11-9-27(2)10-12-28/h4-8,14-15H,3,9-13H2,1-2H3,(H2,25,26,29,32). The van der Waals surface area contributed by atoms with E-state index >= 15 is 0 Å². The van der Waals surface area contributed by atoms with Crippen molar-refractivity contribution in [1.29, 1.82) is 0 Å². The summed E-state index contributed by atoms with van der Waals surface area (Å²) in [6.45, 7) is 5.78. The zero-order valence-electron chi connectivity index (χ0n) is 18.2. The Morgan fingerprint density at radius 1 is 1.09 bits per heavy atom. The molecule has 7 nitrogen and oxygen atoms in total. The SMILES string of the molecule is CCCOc1ccc(C(=O)NC(=S)Nc2cccc(C(=O)N3CCN(C)CC3)c2)cc1Br. The number of anilines is 1. The molecule has 1 aliphatic rings. The number of amides is 2. The second-order valence-electron chi connectivity index (χ2n) is 7.58. The van der Waals surface area contributed by atoms with Crippen LogP contribution in [0.3, 0.4) is 0 Å². The Labute approximate surface area is 202 Å². The fourth-order valence-corrected chi connectivity index (χ4v) is 3.93. The summed E-state index contributed by atoms with van der Waals surface area (Å²) in [5, 5.41) is 5.81. The van der Waals surface area contributed by atoms with Gasteiger partial charge in [-0.1, -0.05) is 13.0 Å². The third kappa shape index (κ3) is 6.51. The van der Waals surface area contributed by atoms with Crippen molar-refractivity contribution in [3.63, 3.8) is 0 Å². The van der Waals surface area contributed by atoms with Crippen molar-refractivity contribution in [2.45, 2.75) is 13.3 Å². The van der Waals surface area contributed by atoms with Crippen molar-refractivity contribution >= 4 is 50.8 Å². The van der Waals surface area contributed by atoms with E-state index in [1.807, 2.05) is 11.8 Å². The molecule has 9 heteroatoms. The number of piperazine rings is 1. The number of ether oxygens (including phenoxy) is 1. The highest BCUT2D eigenvalue weighted by Crippen LogP contribution is 2.26. The maximum atomic E-state index is 12.8. The Morgan fingerprint density at radius 3 is 2.53 bits per heavy atom. The summed E-state index contributed by atoms with van der Waals surface area (Å²) in [5.74, 6) is 0.341. The highest BCUT2D eigenvalue weighted by Gasteiger charge is 2.20. The third-order valence-electron chi connectivity index (χ3n) is 5.04. The van der Waals surface area contributed by atoms with E-state index in [1.54, 1.807) is 42.5 Å². The van der Waals surface area contributed by atoms with Crippen LogP contribution in [0.25, 0.3) is 0 Å². The molecule has 2 aromatic carbocycles. The average molecular weight is 519 g/mol. The minimum Gasteiger partial charge on any atom is -0.492 e. The van der Waals surface area contributed by atoms with Gasteiger partial charge < -0.3 is 19.9 Å². The molecule has 1 fully saturated rings. The van der Waals surface area contributed by atoms with E-state index in [2.05, 4.69) is 38.5 Å². The maximum absolute atomic E-state index is 12.8. The number of likely N-dealkylation sites (N-methyl/N-ethyl adjacent to an activating group) is 1. The predicted octanol–water partition coefficient (Wildman–Crippen LogP) is 3.75. The molecule has 0 aliphatic carbocycles. The summed E-state index contributed by atoms with van der Waals surface area (Å²) in [6.07, 6.45) is 0.900. The molecule has 0 spiro atoms. The van der Waals surface area contributed by atoms with Crippen LogP contribution in [-0.2, 0) is 0 Å². The van der Waals surface area contributed by atoms with E-state index in [4.69, 9.17) is 17.0 Å². The van der Waals surface area contributed by atoms with Gasteiger partial charge in [-0.05, 0) is 78.0 Å². The van der Waals surface area contributed by atoms with Gasteiger partial charge in [0, 0.05) is 43.0 Å². The van der Waals surface area contributed by atoms with Crippen molar-refractivity contribution in [1.82, 2.24) is 15.1 Å². The normalized spacial score (nSPS) is 14.0. The molecule has 2 N–H and O–H groups in total. The number of benzene rings is 2. The molecule has 3 rings (SSSR count). The first-order chi connectivity index (χ1) is 15.4. The largest absolute Gasteiger partial charge is 0.492 e. The van der Waals surface area contributed by atoms with Crippen molar-refractivity contribution in [2.75, 3.05) is 45.2 Å². The van der Waals surface area contributed by atoms with Gasteiger partial charge in [0.05, 0.1) is 11.1 Å². The Morgan fingerprint density at radius 2 is 1.84 bits per heavy atom. The lowest BCUT2D eigenvalue weighted by Gasteiger charge is -2.32. The smallest absolute Gasteiger partial charge is 0.257 e. The van der Waals surface area contributed by atoms with Crippen LogP contribution < -0.4 is 15.4 Å². The molecule has 2 aromatic rings. The summed E-state index contributed by atoms with van der Waals surface area (Å²) < 4.78 is 6.31. The van der Waals surface area contributed by atoms with Crippen LogP contribution in [-0.4, -0.2) is 66.6 Å². The van der Waals surface area contributed by atoms with Crippen molar-refractivity contribution < 1.29 is 14.3 Å². The molecule has 0 atom stereocenters. The van der Waals surface area contributed by atoms with Gasteiger partial charge in [-0.3, -0.25) is 14.9 Å². The first-order valence-corrected chi connectivity index (χ1v) is 11.7. The van der Waals surface area contributed by atoms with Crippen molar-refractivity contribution in [3.05, 3.63) is 58.1 Å². The molecule has 0 aromatic heterocycles. The van der Waals surface area contributed by atoms with Gasteiger partial charge in [0.1, 0.15) is 5.75 Å². The molecule has 170 valence electrons. The van der Waals surface area contributed by atoms with E-state index in [1.165, 1.54) is 0 Å². The van der Waals surface area contributed by atoms with Gasteiger partial charge >= 0.3 is 0 Å². The fraction of sp³-hybridized carbons (Fsp3) is 0.348. The van der Waals surface area contributed by atoms with E-state index in [-0.39, 0.29) is 16.9 Å². The number of hydrogen-bond donors (Lipinski definition) is 2. The topological polar surface area (TPSA) is 73.9 Å². The summed E-state index contributed by atoms with van der Waals surface area (Å²) in [5.41, 5.74) is 1.67. The van der Waals surface area contributed by atoms with Gasteiger partial charge in [-0.15, -0.1) is 0 Å². The zero-order chi connectivity index (χ0) is 23.1. The number of thiocarbonyl (C=S) groups is 1. The van der Waals surface area contributed by atoms with Crippen LogP contribution in [0.4, 0.5) is 5.69 Å². The first-order valence-electron chi connectivity index (χ1n) is 10.5. The first kappa shape index (κ1) is 24.2. The van der Waals surface area contributed by atoms with Gasteiger partial charge in [-0.2, -0.15) is 0 Å². The van der Waals surface area contributed by atoms with E-state index in [9.17, 15) is 9.59 Å². The van der Waals surface area contributed by atoms with Crippen LogP contribution in [0.5, 0.6) is 5.75 Å². The molecule has 1 saturated heterocycles. The van der Waals surface area contributed by atoms with Crippen LogP contribution in [0, 0.1) is 0 Å². The maximum Gasteiger partial charge on any atom is 0.257 e. The van der Waals surface area contributed by atoms with Gasteiger partial charge in [-0.25, -0.2) is 0 Å². The second-order valence-corrected chi connectivity index (χ2v) is 8.84. The molecule has 32 heavy (non-hydrogen) atoms. The van der Waals surface area contributed by atoms with Gasteiger partial charge in [0.15, 0.2) is 5.11 Å². The zero-order valence-corrected chi connectivity index (χ0v) is 20.6. The number of halogens is 1. The number of nitrogens with zero attached hydrogens (tertiary/aromatic N) is 2. The molecule has 1 heterocycles. The highest BCUT2D eigenvalue weighted by molar-refractivity contribution is 9.10. The Kier molecular flexibility index (Phi) is 8.60. The fourth-order valence-electron chi connectivity index (χ4n) is 3.23. The number of rotatable bonds is 6. The van der Waals surface area contributed by atoms with Crippen molar-refractivity contribution in [2.24, 2.45) is 0 Å². The average Bonchev–Trinajstić information content (AvgIpc) is 2.78. The van der Waals surface area contributed by atoms with Crippen LogP contribution in [0.15, 0.2) is 46.9 Å². The van der Waals surface area contributed by atoms with Crippen LogP contribution >= 0.6 is 28.1 Å². The molecular weight excluding hydrogens is 492 g/mol. The Bertz CT molecular complexity index is 993. The number of nitrogens with one attached hydrogen (secondary N) is 2. The molecule has 0 unspecified atom stereocenters. The summed E-state index contributed by atoms with van der Waals surface area (Å²) >= 11 is 8.73. The molecule has 2 amide bonds. The van der Waals surface area contributed by atoms with E-state index in [0.29, 0.717) is 46.7 Å². The Balaban J connectivity index is 1.59. The van der Waals surface area contributed by atoms with Gasteiger partial charge in [0.25, 0.3) is 11.8 Å². The monoisotopic (exact) mass is 518 g/mol. The number of hydrogen-bond acceptors (Lipinski definition) is 5. The molecule has 0 saturated carbocycles. The number of carbonyl (C=O) groups excluding carboxylic acids is 2. The lowest BCUT2D eigenvalue weighted by molar-refractivity contribution is 0.0664. The van der Waals surface area contributed by atoms with E-state index < -0.39 is 0 Å². The molecule has 0 bridgehead atoms.